The number of aromatic nitrogens is 2. The van der Waals surface area contributed by atoms with Crippen LogP contribution in [0.25, 0.3) is 10.8 Å². The first-order valence-electron chi connectivity index (χ1n) is 7.45. The van der Waals surface area contributed by atoms with E-state index in [0.717, 1.165) is 5.56 Å². The fourth-order valence-corrected chi connectivity index (χ4v) is 2.90. The molecule has 3 rings (SSSR count). The smallest absolute Gasteiger partial charge is 0.267 e. The zero-order valence-corrected chi connectivity index (χ0v) is 14.1. The maximum absolute atomic E-state index is 12.5. The summed E-state index contributed by atoms with van der Waals surface area (Å²) < 4.78 is 1.32. The molecule has 122 valence electrons. The highest BCUT2D eigenvalue weighted by Crippen LogP contribution is 2.14. The van der Waals surface area contributed by atoms with E-state index in [1.54, 1.807) is 41.8 Å². The highest BCUT2D eigenvalue weighted by atomic mass is 32.1. The van der Waals surface area contributed by atoms with Crippen LogP contribution in [-0.4, -0.2) is 21.9 Å². The number of thiophene rings is 1. The highest BCUT2D eigenvalue weighted by Gasteiger charge is 2.17. The molecule has 7 heteroatoms. The summed E-state index contributed by atoms with van der Waals surface area (Å²) in [5.41, 5.74) is 3.35. The normalized spacial score (nSPS) is 11.5. The largest absolute Gasteiger partial charge is 0.292 e. The predicted octanol–water partition coefficient (Wildman–Crippen LogP) is 2.80. The number of amides is 1. The first-order valence-corrected chi connectivity index (χ1v) is 8.39. The van der Waals surface area contributed by atoms with E-state index in [-0.39, 0.29) is 17.3 Å². The third-order valence-electron chi connectivity index (χ3n) is 3.46. The van der Waals surface area contributed by atoms with Crippen molar-refractivity contribution in [1.82, 2.24) is 15.2 Å². The number of carbonyl (C=O) groups excluding carboxylic acids is 1. The van der Waals surface area contributed by atoms with Crippen LogP contribution in [0.5, 0.6) is 0 Å². The lowest BCUT2D eigenvalue weighted by molar-refractivity contribution is 0.0949. The summed E-state index contributed by atoms with van der Waals surface area (Å²) in [6.45, 7) is 3.69. The van der Waals surface area contributed by atoms with E-state index in [9.17, 15) is 9.59 Å². The van der Waals surface area contributed by atoms with Crippen molar-refractivity contribution in [2.75, 3.05) is 0 Å². The molecule has 0 aliphatic carbocycles. The molecule has 0 saturated heterocycles. The van der Waals surface area contributed by atoms with E-state index >= 15 is 0 Å². The molecule has 0 saturated carbocycles. The van der Waals surface area contributed by atoms with Crippen molar-refractivity contribution in [2.24, 2.45) is 5.10 Å². The molecule has 2 aromatic heterocycles. The van der Waals surface area contributed by atoms with E-state index in [2.05, 4.69) is 15.6 Å². The van der Waals surface area contributed by atoms with Crippen molar-refractivity contribution in [3.8, 4) is 0 Å². The second-order valence-corrected chi connectivity index (χ2v) is 6.27. The molecule has 24 heavy (non-hydrogen) atoms. The van der Waals surface area contributed by atoms with Gasteiger partial charge in [0.1, 0.15) is 0 Å². The van der Waals surface area contributed by atoms with Crippen LogP contribution < -0.4 is 11.0 Å². The second-order valence-electron chi connectivity index (χ2n) is 5.49. The Hall–Kier alpha value is -2.80. The SMILES string of the molecule is CC(C)n1nc(C(=O)N/N=C\c2ccsc2)c2ccccc2c1=O. The van der Waals surface area contributed by atoms with Gasteiger partial charge in [0.25, 0.3) is 11.5 Å². The van der Waals surface area contributed by atoms with Crippen LogP contribution in [0.3, 0.4) is 0 Å². The molecule has 0 atom stereocenters. The van der Waals surface area contributed by atoms with Gasteiger partial charge >= 0.3 is 0 Å². The number of fused-ring (bicyclic) bond motifs is 1. The summed E-state index contributed by atoms with van der Waals surface area (Å²) in [5, 5.41) is 13.0. The van der Waals surface area contributed by atoms with Gasteiger partial charge in [0.15, 0.2) is 5.69 Å². The third kappa shape index (κ3) is 3.11. The van der Waals surface area contributed by atoms with Gasteiger partial charge in [-0.1, -0.05) is 18.2 Å². The maximum atomic E-state index is 12.5. The number of hydrazone groups is 1. The Labute approximate surface area is 142 Å². The van der Waals surface area contributed by atoms with Crippen molar-refractivity contribution in [2.45, 2.75) is 19.9 Å². The van der Waals surface area contributed by atoms with E-state index in [1.807, 2.05) is 30.7 Å². The van der Waals surface area contributed by atoms with Gasteiger partial charge in [-0.25, -0.2) is 10.1 Å². The van der Waals surface area contributed by atoms with Crippen LogP contribution in [0.2, 0.25) is 0 Å². The van der Waals surface area contributed by atoms with E-state index < -0.39 is 5.91 Å². The summed E-state index contributed by atoms with van der Waals surface area (Å²) in [6, 6.07) is 8.70. The van der Waals surface area contributed by atoms with Crippen LogP contribution >= 0.6 is 11.3 Å². The average Bonchev–Trinajstić information content (AvgIpc) is 3.08. The van der Waals surface area contributed by atoms with Crippen molar-refractivity contribution in [1.29, 1.82) is 0 Å². The van der Waals surface area contributed by atoms with Crippen LogP contribution in [0.4, 0.5) is 0 Å². The molecule has 6 nitrogen and oxygen atoms in total. The van der Waals surface area contributed by atoms with Crippen LogP contribution in [0, 0.1) is 0 Å². The number of benzene rings is 1. The first-order chi connectivity index (χ1) is 11.6. The van der Waals surface area contributed by atoms with Gasteiger partial charge in [0.2, 0.25) is 0 Å². The Morgan fingerprint density at radius 1 is 1.29 bits per heavy atom. The molecule has 3 aromatic rings. The molecule has 1 aromatic carbocycles. The van der Waals surface area contributed by atoms with Gasteiger partial charge in [0, 0.05) is 10.9 Å². The zero-order valence-electron chi connectivity index (χ0n) is 13.3. The van der Waals surface area contributed by atoms with Crippen molar-refractivity contribution in [3.05, 3.63) is 62.7 Å². The standard InChI is InChI=1S/C17H16N4O2S/c1-11(2)21-17(23)14-6-4-3-5-13(14)15(20-21)16(22)19-18-9-12-7-8-24-10-12/h3-11H,1-2H3,(H,19,22)/b18-9-. The minimum absolute atomic E-state index is 0.150. The molecule has 2 heterocycles. The molecule has 0 fully saturated rings. The Morgan fingerprint density at radius 3 is 2.71 bits per heavy atom. The van der Waals surface area contributed by atoms with Crippen molar-refractivity contribution < 1.29 is 4.79 Å². The number of hydrogen-bond acceptors (Lipinski definition) is 5. The summed E-state index contributed by atoms with van der Waals surface area (Å²) in [7, 11) is 0. The quantitative estimate of drug-likeness (QED) is 0.586. The monoisotopic (exact) mass is 340 g/mol. The zero-order chi connectivity index (χ0) is 17.1. The maximum Gasteiger partial charge on any atom is 0.292 e. The van der Waals surface area contributed by atoms with Crippen LogP contribution in [0.15, 0.2) is 51.0 Å². The van der Waals surface area contributed by atoms with Gasteiger partial charge in [-0.2, -0.15) is 21.5 Å². The fraction of sp³-hybridized carbons (Fsp3) is 0.176. The van der Waals surface area contributed by atoms with Gasteiger partial charge in [-0.15, -0.1) is 0 Å². The Balaban J connectivity index is 2.00. The molecule has 0 aliphatic rings. The van der Waals surface area contributed by atoms with Crippen molar-refractivity contribution in [3.63, 3.8) is 0 Å². The Morgan fingerprint density at radius 2 is 2.04 bits per heavy atom. The minimum atomic E-state index is -0.452. The van der Waals surface area contributed by atoms with E-state index in [1.165, 1.54) is 4.68 Å². The highest BCUT2D eigenvalue weighted by molar-refractivity contribution is 7.08. The molecule has 0 bridgehead atoms. The number of hydrogen-bond donors (Lipinski definition) is 1. The number of rotatable bonds is 4. The van der Waals surface area contributed by atoms with Crippen LogP contribution in [-0.2, 0) is 0 Å². The topological polar surface area (TPSA) is 76.3 Å². The summed E-state index contributed by atoms with van der Waals surface area (Å²) in [4.78, 5) is 24.9. The lowest BCUT2D eigenvalue weighted by Crippen LogP contribution is -2.30. The molecule has 1 amide bonds. The first kappa shape index (κ1) is 16.1. The minimum Gasteiger partial charge on any atom is -0.267 e. The molecule has 0 unspecified atom stereocenters. The molecular weight excluding hydrogens is 324 g/mol. The van der Waals surface area contributed by atoms with E-state index in [0.29, 0.717) is 10.8 Å². The van der Waals surface area contributed by atoms with Gasteiger partial charge < -0.3 is 0 Å². The third-order valence-corrected chi connectivity index (χ3v) is 4.16. The summed E-state index contributed by atoms with van der Waals surface area (Å²) in [6.07, 6.45) is 1.56. The number of carbonyl (C=O) groups is 1. The van der Waals surface area contributed by atoms with Gasteiger partial charge in [-0.05, 0) is 36.7 Å². The lowest BCUT2D eigenvalue weighted by Gasteiger charge is -2.12. The molecule has 1 N–H and O–H groups in total. The van der Waals surface area contributed by atoms with Crippen LogP contribution in [0.1, 0.15) is 35.9 Å². The van der Waals surface area contributed by atoms with Gasteiger partial charge in [0.05, 0.1) is 17.6 Å². The molecular formula is C17H16N4O2S. The molecule has 0 aliphatic heterocycles. The lowest BCUT2D eigenvalue weighted by atomic mass is 10.1. The Kier molecular flexibility index (Phi) is 4.52. The summed E-state index contributed by atoms with van der Waals surface area (Å²) in [5.74, 6) is -0.452. The Bertz CT molecular complexity index is 958. The fourth-order valence-electron chi connectivity index (χ4n) is 2.29. The average molecular weight is 340 g/mol. The number of nitrogens with zero attached hydrogens (tertiary/aromatic N) is 3. The summed E-state index contributed by atoms with van der Waals surface area (Å²) >= 11 is 1.55. The number of nitrogens with one attached hydrogen (secondary N) is 1. The van der Waals surface area contributed by atoms with Gasteiger partial charge in [-0.3, -0.25) is 9.59 Å². The second kappa shape index (κ2) is 6.76. The molecule has 0 spiro atoms. The van der Waals surface area contributed by atoms with Crippen molar-refractivity contribution >= 4 is 34.2 Å². The van der Waals surface area contributed by atoms with E-state index in [4.69, 9.17) is 0 Å². The predicted molar refractivity (Wildman–Crippen MR) is 95.8 cm³/mol. The molecule has 0 radical (unpaired) electrons.